The molecule has 0 aliphatic heterocycles. The number of furan rings is 1. The standard InChI is InChI=1S/C14H19NOS/c1-5-11-6-7-13(17-11)14(15-4)12-8-9(2)16-10(12)3/h6-8,14-15H,5H2,1-4H3. The van der Waals surface area contributed by atoms with Gasteiger partial charge in [-0.15, -0.1) is 11.3 Å². The second-order valence-corrected chi connectivity index (χ2v) is 5.45. The van der Waals surface area contributed by atoms with Gasteiger partial charge in [-0.2, -0.15) is 0 Å². The van der Waals surface area contributed by atoms with E-state index in [4.69, 9.17) is 4.42 Å². The van der Waals surface area contributed by atoms with Crippen LogP contribution in [0.3, 0.4) is 0 Å². The molecule has 1 unspecified atom stereocenters. The van der Waals surface area contributed by atoms with Crippen LogP contribution in [0.15, 0.2) is 22.6 Å². The Labute approximate surface area is 107 Å². The van der Waals surface area contributed by atoms with Crippen molar-refractivity contribution in [2.75, 3.05) is 7.05 Å². The molecule has 3 heteroatoms. The molecule has 17 heavy (non-hydrogen) atoms. The Morgan fingerprint density at radius 3 is 2.59 bits per heavy atom. The van der Waals surface area contributed by atoms with E-state index in [1.54, 1.807) is 0 Å². The first-order valence-corrected chi connectivity index (χ1v) is 6.80. The van der Waals surface area contributed by atoms with Crippen LogP contribution in [-0.4, -0.2) is 7.05 Å². The zero-order chi connectivity index (χ0) is 12.4. The smallest absolute Gasteiger partial charge is 0.106 e. The molecule has 2 rings (SSSR count). The number of hydrogen-bond acceptors (Lipinski definition) is 3. The second-order valence-electron chi connectivity index (χ2n) is 4.25. The molecule has 0 saturated carbocycles. The molecule has 0 bridgehead atoms. The van der Waals surface area contributed by atoms with Gasteiger partial charge in [0.2, 0.25) is 0 Å². The highest BCUT2D eigenvalue weighted by molar-refractivity contribution is 7.12. The summed E-state index contributed by atoms with van der Waals surface area (Å²) in [5.41, 5.74) is 1.24. The van der Waals surface area contributed by atoms with E-state index >= 15 is 0 Å². The molecular weight excluding hydrogens is 230 g/mol. The average molecular weight is 249 g/mol. The van der Waals surface area contributed by atoms with Crippen molar-refractivity contribution in [1.29, 1.82) is 0 Å². The molecule has 1 atom stereocenters. The van der Waals surface area contributed by atoms with E-state index in [0.29, 0.717) is 0 Å². The Kier molecular flexibility index (Phi) is 3.69. The Hall–Kier alpha value is -1.06. The van der Waals surface area contributed by atoms with E-state index in [0.717, 1.165) is 17.9 Å². The molecule has 0 saturated heterocycles. The van der Waals surface area contributed by atoms with Gasteiger partial charge in [-0.05, 0) is 45.5 Å². The first-order valence-electron chi connectivity index (χ1n) is 5.98. The van der Waals surface area contributed by atoms with Gasteiger partial charge in [0.1, 0.15) is 11.5 Å². The zero-order valence-corrected chi connectivity index (χ0v) is 11.6. The lowest BCUT2D eigenvalue weighted by atomic mass is 10.1. The fourth-order valence-electron chi connectivity index (χ4n) is 2.13. The van der Waals surface area contributed by atoms with Crippen LogP contribution < -0.4 is 5.32 Å². The molecule has 2 nitrogen and oxygen atoms in total. The quantitative estimate of drug-likeness (QED) is 0.891. The fraction of sp³-hybridized carbons (Fsp3) is 0.429. The number of hydrogen-bond donors (Lipinski definition) is 1. The third-order valence-electron chi connectivity index (χ3n) is 2.99. The lowest BCUT2D eigenvalue weighted by molar-refractivity contribution is 0.497. The van der Waals surface area contributed by atoms with Crippen molar-refractivity contribution in [3.05, 3.63) is 45.0 Å². The fourth-order valence-corrected chi connectivity index (χ4v) is 3.21. The van der Waals surface area contributed by atoms with Crippen LogP contribution in [-0.2, 0) is 6.42 Å². The maximum Gasteiger partial charge on any atom is 0.106 e. The van der Waals surface area contributed by atoms with Crippen molar-refractivity contribution < 1.29 is 4.42 Å². The van der Waals surface area contributed by atoms with Gasteiger partial charge in [0.05, 0.1) is 6.04 Å². The summed E-state index contributed by atoms with van der Waals surface area (Å²) < 4.78 is 5.62. The predicted octanol–water partition coefficient (Wildman–Crippen LogP) is 3.83. The summed E-state index contributed by atoms with van der Waals surface area (Å²) in [6.07, 6.45) is 1.10. The Morgan fingerprint density at radius 2 is 2.12 bits per heavy atom. The molecule has 0 aromatic carbocycles. The molecule has 0 aliphatic carbocycles. The topological polar surface area (TPSA) is 25.2 Å². The lowest BCUT2D eigenvalue weighted by Crippen LogP contribution is -2.16. The van der Waals surface area contributed by atoms with E-state index in [1.165, 1.54) is 15.3 Å². The van der Waals surface area contributed by atoms with Crippen LogP contribution >= 0.6 is 11.3 Å². The molecule has 2 aromatic rings. The van der Waals surface area contributed by atoms with Crippen molar-refractivity contribution in [1.82, 2.24) is 5.32 Å². The maximum atomic E-state index is 5.62. The molecular formula is C14H19NOS. The van der Waals surface area contributed by atoms with Crippen LogP contribution in [0.4, 0.5) is 0 Å². The molecule has 2 heterocycles. The monoisotopic (exact) mass is 249 g/mol. The third kappa shape index (κ3) is 2.45. The van der Waals surface area contributed by atoms with E-state index in [9.17, 15) is 0 Å². The first-order chi connectivity index (χ1) is 8.15. The van der Waals surface area contributed by atoms with E-state index in [-0.39, 0.29) is 6.04 Å². The van der Waals surface area contributed by atoms with Crippen molar-refractivity contribution in [2.24, 2.45) is 0 Å². The average Bonchev–Trinajstić information content (AvgIpc) is 2.88. The minimum atomic E-state index is 0.248. The highest BCUT2D eigenvalue weighted by atomic mass is 32.1. The van der Waals surface area contributed by atoms with Gasteiger partial charge >= 0.3 is 0 Å². The van der Waals surface area contributed by atoms with Crippen LogP contribution in [0.5, 0.6) is 0 Å². The third-order valence-corrected chi connectivity index (χ3v) is 4.29. The minimum Gasteiger partial charge on any atom is -0.466 e. The van der Waals surface area contributed by atoms with Crippen molar-refractivity contribution >= 4 is 11.3 Å². The van der Waals surface area contributed by atoms with Gasteiger partial charge in [0.15, 0.2) is 0 Å². The van der Waals surface area contributed by atoms with Crippen molar-refractivity contribution in [2.45, 2.75) is 33.2 Å². The van der Waals surface area contributed by atoms with Gasteiger partial charge in [0, 0.05) is 15.3 Å². The summed E-state index contributed by atoms with van der Waals surface area (Å²) in [5.74, 6) is 1.98. The summed E-state index contributed by atoms with van der Waals surface area (Å²) >= 11 is 1.87. The summed E-state index contributed by atoms with van der Waals surface area (Å²) in [6.45, 7) is 6.22. The molecule has 0 amide bonds. The molecule has 0 radical (unpaired) electrons. The van der Waals surface area contributed by atoms with Gasteiger partial charge in [-0.25, -0.2) is 0 Å². The van der Waals surface area contributed by atoms with Crippen LogP contribution in [0.25, 0.3) is 0 Å². The zero-order valence-electron chi connectivity index (χ0n) is 10.8. The Morgan fingerprint density at radius 1 is 1.35 bits per heavy atom. The summed E-state index contributed by atoms with van der Waals surface area (Å²) in [5, 5.41) is 3.38. The summed E-state index contributed by atoms with van der Waals surface area (Å²) in [7, 11) is 2.00. The predicted molar refractivity (Wildman–Crippen MR) is 72.8 cm³/mol. The number of rotatable bonds is 4. The molecule has 1 N–H and O–H groups in total. The van der Waals surface area contributed by atoms with E-state index < -0.39 is 0 Å². The van der Waals surface area contributed by atoms with Gasteiger partial charge in [-0.3, -0.25) is 0 Å². The van der Waals surface area contributed by atoms with E-state index in [2.05, 4.69) is 30.4 Å². The van der Waals surface area contributed by atoms with Crippen LogP contribution in [0.2, 0.25) is 0 Å². The highest BCUT2D eigenvalue weighted by Crippen LogP contribution is 2.31. The maximum absolute atomic E-state index is 5.62. The SMILES string of the molecule is CCc1ccc(C(NC)c2cc(C)oc2C)s1. The van der Waals surface area contributed by atoms with Gasteiger partial charge < -0.3 is 9.73 Å². The van der Waals surface area contributed by atoms with Gasteiger partial charge in [-0.1, -0.05) is 6.92 Å². The largest absolute Gasteiger partial charge is 0.466 e. The second kappa shape index (κ2) is 5.07. The van der Waals surface area contributed by atoms with Crippen LogP contribution in [0.1, 0.15) is 39.8 Å². The number of nitrogens with one attached hydrogen (secondary N) is 1. The van der Waals surface area contributed by atoms with Gasteiger partial charge in [0.25, 0.3) is 0 Å². The molecule has 0 aliphatic rings. The van der Waals surface area contributed by atoms with Crippen molar-refractivity contribution in [3.63, 3.8) is 0 Å². The first kappa shape index (κ1) is 12.4. The van der Waals surface area contributed by atoms with E-state index in [1.807, 2.05) is 32.2 Å². The molecule has 2 aromatic heterocycles. The normalized spacial score (nSPS) is 12.9. The summed E-state index contributed by atoms with van der Waals surface area (Å²) in [4.78, 5) is 2.78. The lowest BCUT2D eigenvalue weighted by Gasteiger charge is -2.13. The minimum absolute atomic E-state index is 0.248. The summed E-state index contributed by atoms with van der Waals surface area (Å²) in [6, 6.07) is 6.80. The molecule has 0 fully saturated rings. The highest BCUT2D eigenvalue weighted by Gasteiger charge is 2.18. The Bertz CT molecular complexity index is 498. The molecule has 92 valence electrons. The number of thiophene rings is 1. The molecule has 0 spiro atoms. The van der Waals surface area contributed by atoms with Crippen LogP contribution in [0, 0.1) is 13.8 Å². The Balaban J connectivity index is 2.36. The van der Waals surface area contributed by atoms with Crippen molar-refractivity contribution in [3.8, 4) is 0 Å². The number of aryl methyl sites for hydroxylation is 3.